The van der Waals surface area contributed by atoms with Gasteiger partial charge in [-0.1, -0.05) is 24.3 Å². The number of nitrogens with one attached hydrogen (secondary N) is 2. The first kappa shape index (κ1) is 15.9. The minimum absolute atomic E-state index is 0.246. The van der Waals surface area contributed by atoms with E-state index in [1.807, 2.05) is 23.6 Å². The molecular formula is C17H16N4O2S. The topological polar surface area (TPSA) is 76.0 Å². The summed E-state index contributed by atoms with van der Waals surface area (Å²) >= 11 is 1.58. The lowest BCUT2D eigenvalue weighted by molar-refractivity contribution is 0.0944. The third-order valence-corrected chi connectivity index (χ3v) is 4.27. The number of thiophene rings is 1. The fourth-order valence-corrected chi connectivity index (χ4v) is 2.79. The first-order valence-corrected chi connectivity index (χ1v) is 8.22. The number of rotatable bonds is 5. The minimum atomic E-state index is -0.279. The Hall–Kier alpha value is -2.93. The number of aryl methyl sites for hydroxylation is 1. The summed E-state index contributed by atoms with van der Waals surface area (Å²) in [6.07, 6.45) is 0. The molecule has 0 aliphatic carbocycles. The molecule has 6 nitrogen and oxygen atoms in total. The minimum Gasteiger partial charge on any atom is -0.346 e. The molecule has 3 rings (SSSR count). The van der Waals surface area contributed by atoms with Crippen molar-refractivity contribution in [1.82, 2.24) is 15.1 Å². The number of hydrogen-bond acceptors (Lipinski definition) is 4. The van der Waals surface area contributed by atoms with Crippen molar-refractivity contribution in [2.45, 2.75) is 6.54 Å². The normalized spacial score (nSPS) is 10.4. The fourth-order valence-electron chi connectivity index (χ4n) is 2.14. The molecule has 24 heavy (non-hydrogen) atoms. The first-order chi connectivity index (χ1) is 11.6. The van der Waals surface area contributed by atoms with Crippen LogP contribution in [-0.2, 0) is 13.6 Å². The van der Waals surface area contributed by atoms with Crippen LogP contribution in [0.5, 0.6) is 0 Å². The number of anilines is 1. The van der Waals surface area contributed by atoms with Crippen molar-refractivity contribution in [2.24, 2.45) is 7.05 Å². The molecule has 2 aromatic heterocycles. The Bertz CT molecular complexity index is 841. The van der Waals surface area contributed by atoms with Gasteiger partial charge in [0.05, 0.1) is 6.54 Å². The lowest BCUT2D eigenvalue weighted by Crippen LogP contribution is -2.22. The van der Waals surface area contributed by atoms with Crippen LogP contribution < -0.4 is 10.6 Å². The first-order valence-electron chi connectivity index (χ1n) is 7.34. The third-order valence-electron chi connectivity index (χ3n) is 3.39. The van der Waals surface area contributed by atoms with E-state index in [4.69, 9.17) is 0 Å². The Kier molecular flexibility index (Phi) is 4.72. The number of nitrogens with zero attached hydrogens (tertiary/aromatic N) is 2. The molecule has 3 aromatic rings. The van der Waals surface area contributed by atoms with E-state index in [9.17, 15) is 9.59 Å². The molecule has 0 fully saturated rings. The number of aromatic nitrogens is 2. The SMILES string of the molecule is Cn1nc(C(=O)NCc2cccs2)cc1NC(=O)c1ccccc1. The van der Waals surface area contributed by atoms with Crippen molar-refractivity contribution in [2.75, 3.05) is 5.32 Å². The van der Waals surface area contributed by atoms with E-state index in [0.717, 1.165) is 4.88 Å². The van der Waals surface area contributed by atoms with Crippen LogP contribution in [0, 0.1) is 0 Å². The molecule has 0 unspecified atom stereocenters. The fraction of sp³-hybridized carbons (Fsp3) is 0.118. The van der Waals surface area contributed by atoms with Gasteiger partial charge in [-0.15, -0.1) is 11.3 Å². The highest BCUT2D eigenvalue weighted by molar-refractivity contribution is 7.09. The van der Waals surface area contributed by atoms with Crippen LogP contribution in [0.25, 0.3) is 0 Å². The molecule has 122 valence electrons. The number of carbonyl (C=O) groups excluding carboxylic acids is 2. The molecule has 0 radical (unpaired) electrons. The lowest BCUT2D eigenvalue weighted by atomic mass is 10.2. The van der Waals surface area contributed by atoms with Crippen LogP contribution in [-0.4, -0.2) is 21.6 Å². The summed E-state index contributed by atoms with van der Waals surface area (Å²) in [5, 5.41) is 11.7. The van der Waals surface area contributed by atoms with Gasteiger partial charge in [0.2, 0.25) is 0 Å². The standard InChI is InChI=1S/C17H16N4O2S/c1-21-15(19-16(22)12-6-3-2-4-7-12)10-14(20-21)17(23)18-11-13-8-5-9-24-13/h2-10H,11H2,1H3,(H,18,23)(H,19,22). The van der Waals surface area contributed by atoms with Gasteiger partial charge in [0, 0.05) is 23.6 Å². The zero-order valence-electron chi connectivity index (χ0n) is 13.0. The van der Waals surface area contributed by atoms with Crippen molar-refractivity contribution in [3.8, 4) is 0 Å². The Morgan fingerprint density at radius 3 is 2.62 bits per heavy atom. The second kappa shape index (κ2) is 7.10. The maximum atomic E-state index is 12.2. The molecule has 2 heterocycles. The molecule has 1 aromatic carbocycles. The molecular weight excluding hydrogens is 324 g/mol. The summed E-state index contributed by atoms with van der Waals surface area (Å²) < 4.78 is 1.47. The van der Waals surface area contributed by atoms with E-state index in [1.165, 1.54) is 4.68 Å². The smallest absolute Gasteiger partial charge is 0.272 e. The van der Waals surface area contributed by atoms with Crippen molar-refractivity contribution < 1.29 is 9.59 Å². The number of benzene rings is 1. The van der Waals surface area contributed by atoms with Gasteiger partial charge in [-0.3, -0.25) is 14.3 Å². The monoisotopic (exact) mass is 340 g/mol. The quantitative estimate of drug-likeness (QED) is 0.750. The summed E-state index contributed by atoms with van der Waals surface area (Å²) in [6, 6.07) is 14.3. The summed E-state index contributed by atoms with van der Waals surface area (Å²) in [6.45, 7) is 0.457. The van der Waals surface area contributed by atoms with Crippen LogP contribution in [0.1, 0.15) is 25.7 Å². The Labute approximate surface area is 143 Å². The largest absolute Gasteiger partial charge is 0.346 e. The van der Waals surface area contributed by atoms with Gasteiger partial charge < -0.3 is 10.6 Å². The predicted octanol–water partition coefficient (Wildman–Crippen LogP) is 2.66. The average molecular weight is 340 g/mol. The molecule has 0 bridgehead atoms. The van der Waals surface area contributed by atoms with Crippen molar-refractivity contribution >= 4 is 29.0 Å². The number of hydrogen-bond donors (Lipinski definition) is 2. The molecule has 0 saturated heterocycles. The summed E-state index contributed by atoms with van der Waals surface area (Å²) in [5.41, 5.74) is 0.805. The average Bonchev–Trinajstić information content (AvgIpc) is 3.24. The van der Waals surface area contributed by atoms with Crippen LogP contribution in [0.4, 0.5) is 5.82 Å². The van der Waals surface area contributed by atoms with Crippen LogP contribution in [0.15, 0.2) is 53.9 Å². The van der Waals surface area contributed by atoms with Gasteiger partial charge in [0.1, 0.15) is 5.82 Å². The Balaban J connectivity index is 1.66. The molecule has 0 saturated carbocycles. The molecule has 0 aliphatic heterocycles. The van der Waals surface area contributed by atoms with E-state index in [-0.39, 0.29) is 17.5 Å². The van der Waals surface area contributed by atoms with Crippen molar-refractivity contribution in [3.05, 3.63) is 70.0 Å². The van der Waals surface area contributed by atoms with E-state index in [1.54, 1.807) is 48.7 Å². The highest BCUT2D eigenvalue weighted by atomic mass is 32.1. The summed E-state index contributed by atoms with van der Waals surface area (Å²) in [5.74, 6) is -0.0616. The second-order valence-electron chi connectivity index (χ2n) is 5.12. The molecule has 0 spiro atoms. The Morgan fingerprint density at radius 1 is 1.12 bits per heavy atom. The van der Waals surface area contributed by atoms with Crippen LogP contribution in [0.3, 0.4) is 0 Å². The maximum absolute atomic E-state index is 12.2. The van der Waals surface area contributed by atoms with Crippen molar-refractivity contribution in [1.29, 1.82) is 0 Å². The summed E-state index contributed by atoms with van der Waals surface area (Å²) in [7, 11) is 1.68. The van der Waals surface area contributed by atoms with E-state index >= 15 is 0 Å². The lowest BCUT2D eigenvalue weighted by Gasteiger charge is -2.04. The Morgan fingerprint density at radius 2 is 1.92 bits per heavy atom. The molecule has 0 aliphatic rings. The molecule has 2 amide bonds. The molecule has 0 atom stereocenters. The zero-order valence-corrected chi connectivity index (χ0v) is 13.8. The summed E-state index contributed by atoms with van der Waals surface area (Å²) in [4.78, 5) is 25.4. The van der Waals surface area contributed by atoms with E-state index in [0.29, 0.717) is 17.9 Å². The van der Waals surface area contributed by atoms with Gasteiger partial charge in [0.15, 0.2) is 5.69 Å². The highest BCUT2D eigenvalue weighted by Crippen LogP contribution is 2.12. The zero-order chi connectivity index (χ0) is 16.9. The maximum Gasteiger partial charge on any atom is 0.272 e. The highest BCUT2D eigenvalue weighted by Gasteiger charge is 2.15. The predicted molar refractivity (Wildman–Crippen MR) is 93.1 cm³/mol. The third kappa shape index (κ3) is 3.69. The van der Waals surface area contributed by atoms with Gasteiger partial charge in [0.25, 0.3) is 11.8 Å². The van der Waals surface area contributed by atoms with E-state index in [2.05, 4.69) is 15.7 Å². The number of amides is 2. The van der Waals surface area contributed by atoms with Crippen LogP contribution >= 0.6 is 11.3 Å². The van der Waals surface area contributed by atoms with E-state index < -0.39 is 0 Å². The van der Waals surface area contributed by atoms with Gasteiger partial charge in [-0.2, -0.15) is 5.10 Å². The van der Waals surface area contributed by atoms with Crippen molar-refractivity contribution in [3.63, 3.8) is 0 Å². The number of carbonyl (C=O) groups is 2. The molecule has 7 heteroatoms. The van der Waals surface area contributed by atoms with Gasteiger partial charge in [-0.05, 0) is 23.6 Å². The second-order valence-corrected chi connectivity index (χ2v) is 6.15. The molecule has 2 N–H and O–H groups in total. The van der Waals surface area contributed by atoms with Gasteiger partial charge >= 0.3 is 0 Å². The van der Waals surface area contributed by atoms with Crippen LogP contribution in [0.2, 0.25) is 0 Å². The van der Waals surface area contributed by atoms with Gasteiger partial charge in [-0.25, -0.2) is 0 Å².